The van der Waals surface area contributed by atoms with Crippen molar-refractivity contribution in [2.24, 2.45) is 7.05 Å². The molecule has 0 radical (unpaired) electrons. The number of rotatable bonds is 3. The van der Waals surface area contributed by atoms with Crippen LogP contribution in [0.25, 0.3) is 56.0 Å². The number of aromatic amines is 2. The Morgan fingerprint density at radius 3 is 2.58 bits per heavy atom. The van der Waals surface area contributed by atoms with E-state index in [0.29, 0.717) is 28.3 Å². The molecular weight excluding hydrogens is 417 g/mol. The third-order valence-electron chi connectivity index (χ3n) is 6.02. The summed E-state index contributed by atoms with van der Waals surface area (Å²) >= 11 is 0. The van der Waals surface area contributed by atoms with Crippen molar-refractivity contribution in [3.05, 3.63) is 72.1 Å². The van der Waals surface area contributed by atoms with E-state index in [1.54, 1.807) is 6.20 Å². The first kappa shape index (κ1) is 19.4. The third kappa shape index (κ3) is 3.10. The van der Waals surface area contributed by atoms with Gasteiger partial charge in [-0.3, -0.25) is 10.1 Å². The van der Waals surface area contributed by atoms with Crippen molar-refractivity contribution in [2.45, 2.75) is 13.8 Å². The summed E-state index contributed by atoms with van der Waals surface area (Å²) in [4.78, 5) is 17.1. The van der Waals surface area contributed by atoms with Crippen LogP contribution in [0.3, 0.4) is 0 Å². The molecule has 2 aromatic carbocycles. The molecule has 0 saturated heterocycles. The van der Waals surface area contributed by atoms with Gasteiger partial charge in [-0.25, -0.2) is 14.4 Å². The fourth-order valence-electron chi connectivity index (χ4n) is 4.26. The van der Waals surface area contributed by atoms with Crippen molar-refractivity contribution in [1.82, 2.24) is 34.7 Å². The fraction of sp³-hybridized carbons (Fsp3) is 0.120. The monoisotopic (exact) mass is 437 g/mol. The molecule has 4 aromatic heterocycles. The van der Waals surface area contributed by atoms with Crippen LogP contribution in [0.2, 0.25) is 0 Å². The van der Waals surface area contributed by atoms with Gasteiger partial charge in [0.1, 0.15) is 22.9 Å². The molecule has 33 heavy (non-hydrogen) atoms. The Morgan fingerprint density at radius 1 is 0.909 bits per heavy atom. The average Bonchev–Trinajstić information content (AvgIpc) is 3.49. The van der Waals surface area contributed by atoms with Crippen LogP contribution in [0.4, 0.5) is 4.39 Å². The van der Waals surface area contributed by atoms with E-state index in [9.17, 15) is 4.39 Å². The van der Waals surface area contributed by atoms with Gasteiger partial charge in [-0.15, -0.1) is 0 Å². The zero-order chi connectivity index (χ0) is 22.7. The fourth-order valence-corrected chi connectivity index (χ4v) is 4.26. The van der Waals surface area contributed by atoms with Crippen molar-refractivity contribution in [2.75, 3.05) is 0 Å². The summed E-state index contributed by atoms with van der Waals surface area (Å²) in [5, 5.41) is 8.57. The van der Waals surface area contributed by atoms with Gasteiger partial charge in [0.25, 0.3) is 0 Å². The first-order valence-corrected chi connectivity index (χ1v) is 10.6. The van der Waals surface area contributed by atoms with E-state index in [-0.39, 0.29) is 5.82 Å². The summed E-state index contributed by atoms with van der Waals surface area (Å²) in [6.07, 6.45) is 3.57. The van der Waals surface area contributed by atoms with Crippen LogP contribution in [-0.2, 0) is 7.05 Å². The lowest BCUT2D eigenvalue weighted by atomic mass is 10.1. The van der Waals surface area contributed by atoms with Crippen LogP contribution in [0.5, 0.6) is 0 Å². The highest BCUT2D eigenvalue weighted by Crippen LogP contribution is 2.32. The Hall–Kier alpha value is -4.33. The maximum Gasteiger partial charge on any atom is 0.159 e. The highest BCUT2D eigenvalue weighted by Gasteiger charge is 2.17. The lowest BCUT2D eigenvalue weighted by Crippen LogP contribution is -1.94. The number of fused-ring (bicyclic) bond motifs is 2. The Bertz CT molecular complexity index is 1650. The summed E-state index contributed by atoms with van der Waals surface area (Å²) in [5.41, 5.74) is 7.33. The number of pyridine rings is 1. The molecule has 2 N–H and O–H groups in total. The molecule has 0 aliphatic carbocycles. The smallest absolute Gasteiger partial charge is 0.159 e. The van der Waals surface area contributed by atoms with E-state index in [1.807, 2.05) is 51.4 Å². The number of aryl methyl sites for hydroxylation is 2. The molecule has 0 fully saturated rings. The van der Waals surface area contributed by atoms with E-state index in [1.165, 1.54) is 12.1 Å². The minimum atomic E-state index is -0.296. The maximum absolute atomic E-state index is 14.0. The summed E-state index contributed by atoms with van der Waals surface area (Å²) in [6, 6.07) is 12.9. The second-order valence-corrected chi connectivity index (χ2v) is 8.24. The lowest BCUT2D eigenvalue weighted by Gasteiger charge is -2.04. The average molecular weight is 437 g/mol. The first-order valence-electron chi connectivity index (χ1n) is 10.6. The highest BCUT2D eigenvalue weighted by molar-refractivity contribution is 5.97. The SMILES string of the molecule is Cc1cc(F)cc(-c2nccc3[nH]c(-c4n[nH]c5ccc(-c6cnc(C)n6C)cc45)nc23)c1. The summed E-state index contributed by atoms with van der Waals surface area (Å²) < 4.78 is 16.1. The van der Waals surface area contributed by atoms with E-state index in [4.69, 9.17) is 4.98 Å². The molecule has 6 aromatic rings. The number of aromatic nitrogens is 7. The van der Waals surface area contributed by atoms with Crippen molar-refractivity contribution < 1.29 is 4.39 Å². The molecular formula is C25H20FN7. The highest BCUT2D eigenvalue weighted by atomic mass is 19.1. The number of imidazole rings is 2. The van der Waals surface area contributed by atoms with E-state index >= 15 is 0 Å². The van der Waals surface area contributed by atoms with Gasteiger partial charge < -0.3 is 9.55 Å². The van der Waals surface area contributed by atoms with Gasteiger partial charge in [-0.05, 0) is 55.8 Å². The van der Waals surface area contributed by atoms with Gasteiger partial charge in [-0.1, -0.05) is 6.07 Å². The Kier molecular flexibility index (Phi) is 4.16. The standard InChI is InChI=1S/C25H20FN7/c1-13-8-16(10-17(26)9-13)22-24-20(6-7-27-22)29-25(30-24)23-18-11-15(4-5-19(18)31-32-23)21-12-28-14(2)33(21)3/h4-12H,1-3H3,(H,29,30)(H,31,32). The Labute approximate surface area is 188 Å². The van der Waals surface area contributed by atoms with Crippen LogP contribution < -0.4 is 0 Å². The van der Waals surface area contributed by atoms with Crippen molar-refractivity contribution >= 4 is 21.9 Å². The molecule has 8 heteroatoms. The Balaban J connectivity index is 1.52. The zero-order valence-electron chi connectivity index (χ0n) is 18.3. The molecule has 162 valence electrons. The molecule has 4 heterocycles. The van der Waals surface area contributed by atoms with Crippen LogP contribution in [0, 0.1) is 19.7 Å². The van der Waals surface area contributed by atoms with Crippen LogP contribution in [-0.4, -0.2) is 34.7 Å². The largest absolute Gasteiger partial charge is 0.336 e. The van der Waals surface area contributed by atoms with Crippen molar-refractivity contribution in [3.8, 4) is 34.0 Å². The van der Waals surface area contributed by atoms with Crippen molar-refractivity contribution in [1.29, 1.82) is 0 Å². The number of benzene rings is 2. The van der Waals surface area contributed by atoms with Crippen LogP contribution >= 0.6 is 0 Å². The minimum absolute atomic E-state index is 0.296. The van der Waals surface area contributed by atoms with Gasteiger partial charge >= 0.3 is 0 Å². The number of nitrogens with one attached hydrogen (secondary N) is 2. The van der Waals surface area contributed by atoms with Crippen LogP contribution in [0.15, 0.2) is 54.9 Å². The third-order valence-corrected chi connectivity index (χ3v) is 6.02. The van der Waals surface area contributed by atoms with Crippen molar-refractivity contribution in [3.63, 3.8) is 0 Å². The van der Waals surface area contributed by atoms with E-state index < -0.39 is 0 Å². The topological polar surface area (TPSA) is 88.1 Å². The molecule has 7 nitrogen and oxygen atoms in total. The Morgan fingerprint density at radius 2 is 1.79 bits per heavy atom. The number of hydrogen-bond acceptors (Lipinski definition) is 4. The molecule has 6 rings (SSSR count). The van der Waals surface area contributed by atoms with Gasteiger partial charge in [0.15, 0.2) is 5.82 Å². The van der Waals surface area contributed by atoms with E-state index in [2.05, 4.69) is 35.8 Å². The number of halogens is 1. The minimum Gasteiger partial charge on any atom is -0.336 e. The van der Waals surface area contributed by atoms with Crippen LogP contribution in [0.1, 0.15) is 11.4 Å². The second kappa shape index (κ2) is 7.09. The molecule has 0 bridgehead atoms. The summed E-state index contributed by atoms with van der Waals surface area (Å²) in [6.45, 7) is 3.84. The molecule has 0 aliphatic rings. The molecule has 0 atom stereocenters. The molecule has 0 spiro atoms. The van der Waals surface area contributed by atoms with Gasteiger partial charge in [0.2, 0.25) is 0 Å². The second-order valence-electron chi connectivity index (χ2n) is 8.24. The predicted octanol–water partition coefficient (Wildman–Crippen LogP) is 5.32. The normalized spacial score (nSPS) is 11.6. The van der Waals surface area contributed by atoms with Gasteiger partial charge in [0, 0.05) is 29.8 Å². The number of nitrogens with zero attached hydrogens (tertiary/aromatic N) is 5. The lowest BCUT2D eigenvalue weighted by molar-refractivity contribution is 0.627. The number of hydrogen-bond donors (Lipinski definition) is 2. The number of H-pyrrole nitrogens is 2. The zero-order valence-corrected chi connectivity index (χ0v) is 18.3. The summed E-state index contributed by atoms with van der Waals surface area (Å²) in [7, 11) is 2.00. The predicted molar refractivity (Wildman–Crippen MR) is 126 cm³/mol. The van der Waals surface area contributed by atoms with Gasteiger partial charge in [-0.2, -0.15) is 5.10 Å². The molecule has 0 unspecified atom stereocenters. The molecule has 0 saturated carbocycles. The maximum atomic E-state index is 14.0. The van der Waals surface area contributed by atoms with Gasteiger partial charge in [0.05, 0.1) is 28.6 Å². The summed E-state index contributed by atoms with van der Waals surface area (Å²) in [5.74, 6) is 1.27. The quantitative estimate of drug-likeness (QED) is 0.392. The first-order chi connectivity index (χ1) is 16.0. The molecule has 0 aliphatic heterocycles. The van der Waals surface area contributed by atoms with E-state index in [0.717, 1.165) is 39.1 Å². The molecule has 0 amide bonds.